The fourth-order valence-electron chi connectivity index (χ4n) is 4.45. The van der Waals surface area contributed by atoms with E-state index >= 15 is 0 Å². The summed E-state index contributed by atoms with van der Waals surface area (Å²) < 4.78 is 78.8. The largest absolute Gasteiger partial charge is 0.451 e. The number of rotatable bonds is 2. The van der Waals surface area contributed by atoms with Gasteiger partial charge in [0, 0.05) is 31.1 Å². The van der Waals surface area contributed by atoms with E-state index in [2.05, 4.69) is 15.0 Å². The van der Waals surface area contributed by atoms with Crippen LogP contribution in [0.1, 0.15) is 25.1 Å². The molecule has 31 heavy (non-hydrogen) atoms. The molecule has 2 aliphatic heterocycles. The topological polar surface area (TPSA) is 78.7 Å². The molecule has 0 spiro atoms. The molecule has 12 heteroatoms. The van der Waals surface area contributed by atoms with Crippen molar-refractivity contribution in [3.8, 4) is 0 Å². The van der Waals surface area contributed by atoms with Crippen molar-refractivity contribution in [1.82, 2.24) is 9.97 Å². The fourth-order valence-corrected chi connectivity index (χ4v) is 4.45. The third kappa shape index (κ3) is 4.04. The Morgan fingerprint density at radius 2 is 1.65 bits per heavy atom. The Balaban J connectivity index is 1.48. The van der Waals surface area contributed by atoms with Gasteiger partial charge in [-0.1, -0.05) is 0 Å². The van der Waals surface area contributed by atoms with Crippen molar-refractivity contribution in [3.63, 3.8) is 0 Å². The summed E-state index contributed by atoms with van der Waals surface area (Å²) in [5.74, 6) is -4.67. The van der Waals surface area contributed by atoms with E-state index in [0.717, 1.165) is 12.4 Å². The Morgan fingerprint density at radius 1 is 1.03 bits per heavy atom. The lowest BCUT2D eigenvalue weighted by Crippen LogP contribution is -2.46. The Hall–Kier alpha value is -2.50. The van der Waals surface area contributed by atoms with Gasteiger partial charge in [0.05, 0.1) is 24.6 Å². The predicted octanol–water partition coefficient (Wildman–Crippen LogP) is 2.98. The van der Waals surface area contributed by atoms with Crippen LogP contribution in [-0.4, -0.2) is 58.5 Å². The summed E-state index contributed by atoms with van der Waals surface area (Å²) in [5.41, 5.74) is 0.931. The summed E-state index contributed by atoms with van der Waals surface area (Å²) in [6.45, 7) is 0.765. The van der Waals surface area contributed by atoms with E-state index in [0.29, 0.717) is 37.2 Å². The number of nitrogens with zero attached hydrogens (tertiary/aromatic N) is 4. The Labute approximate surface area is 172 Å². The van der Waals surface area contributed by atoms with Crippen LogP contribution in [0.5, 0.6) is 0 Å². The van der Waals surface area contributed by atoms with Crippen LogP contribution >= 0.6 is 0 Å². The maximum Gasteiger partial charge on any atom is 0.451 e. The van der Waals surface area contributed by atoms with Gasteiger partial charge in [0.25, 0.3) is 0 Å². The van der Waals surface area contributed by atoms with Crippen molar-refractivity contribution in [2.24, 2.45) is 16.8 Å². The molecule has 1 saturated heterocycles. The predicted molar refractivity (Wildman–Crippen MR) is 96.5 cm³/mol. The molecule has 0 radical (unpaired) electrons. The monoisotopic (exact) mass is 448 g/mol. The normalized spacial score (nSPS) is 25.7. The van der Waals surface area contributed by atoms with Crippen LogP contribution < -0.4 is 4.90 Å². The van der Waals surface area contributed by atoms with Crippen molar-refractivity contribution < 1.29 is 36.2 Å². The highest BCUT2D eigenvalue weighted by atomic mass is 19.4. The molecular formula is C19H18F6N4O2. The fraction of sp³-hybridized carbons (Fsp3) is 0.579. The number of halogens is 6. The summed E-state index contributed by atoms with van der Waals surface area (Å²) in [7, 11) is 0. The van der Waals surface area contributed by atoms with Gasteiger partial charge in [-0.15, -0.1) is 0 Å². The Bertz CT molecular complexity index is 930. The zero-order valence-corrected chi connectivity index (χ0v) is 16.0. The van der Waals surface area contributed by atoms with Gasteiger partial charge in [-0.3, -0.25) is 9.79 Å². The number of aliphatic hydroxyl groups is 1. The average molecular weight is 448 g/mol. The summed E-state index contributed by atoms with van der Waals surface area (Å²) in [5, 5.41) is 9.95. The standard InChI is InChI=1S/C19H18F6N4O2/c20-18(21,22)14-13-10(5-12(30)16(14)31)6-26-15(13)9-1-3-29(4-2-9)11-7-27-17(28-8-11)19(23,24)25/h7-9,14,16,31H,1-6H2/t14-,16+/m1/s1. The lowest BCUT2D eigenvalue weighted by molar-refractivity contribution is -0.190. The minimum absolute atomic E-state index is 0.0165. The van der Waals surface area contributed by atoms with Crippen molar-refractivity contribution in [2.45, 2.75) is 37.7 Å². The molecular weight excluding hydrogens is 430 g/mol. The third-order valence-electron chi connectivity index (χ3n) is 5.93. The number of piperidine rings is 1. The number of Topliss-reactive ketones (excluding diaryl/α,β-unsaturated/α-hetero) is 1. The van der Waals surface area contributed by atoms with Gasteiger partial charge >= 0.3 is 12.4 Å². The smallest absolute Gasteiger partial charge is 0.384 e. The highest BCUT2D eigenvalue weighted by Crippen LogP contribution is 2.45. The molecule has 3 aliphatic rings. The van der Waals surface area contributed by atoms with Crippen molar-refractivity contribution >= 4 is 17.2 Å². The Morgan fingerprint density at radius 3 is 2.19 bits per heavy atom. The second kappa shape index (κ2) is 7.57. The molecule has 0 saturated carbocycles. The van der Waals surface area contributed by atoms with Crippen molar-refractivity contribution in [3.05, 3.63) is 29.4 Å². The second-order valence-electron chi connectivity index (χ2n) is 7.85. The number of hydrogen-bond donors (Lipinski definition) is 1. The van der Waals surface area contributed by atoms with Gasteiger partial charge in [0.1, 0.15) is 12.0 Å². The van der Waals surface area contributed by atoms with E-state index in [4.69, 9.17) is 0 Å². The second-order valence-corrected chi connectivity index (χ2v) is 7.85. The van der Waals surface area contributed by atoms with E-state index in [9.17, 15) is 36.2 Å². The zero-order chi connectivity index (χ0) is 22.6. The van der Waals surface area contributed by atoms with E-state index in [-0.39, 0.29) is 30.2 Å². The highest BCUT2D eigenvalue weighted by molar-refractivity contribution is 6.08. The zero-order valence-electron chi connectivity index (χ0n) is 16.0. The number of aromatic nitrogens is 2. The van der Waals surface area contributed by atoms with Gasteiger partial charge in [-0.05, 0) is 24.0 Å². The Kier molecular flexibility index (Phi) is 5.31. The molecule has 6 nitrogen and oxygen atoms in total. The number of hydrogen-bond acceptors (Lipinski definition) is 6. The average Bonchev–Trinajstić information content (AvgIpc) is 3.10. The van der Waals surface area contributed by atoms with E-state index in [1.54, 1.807) is 4.90 Å². The summed E-state index contributed by atoms with van der Waals surface area (Å²) in [4.78, 5) is 24.6. The van der Waals surface area contributed by atoms with E-state index in [1.807, 2.05) is 0 Å². The van der Waals surface area contributed by atoms with Crippen LogP contribution in [0.4, 0.5) is 32.0 Å². The number of alkyl halides is 6. The van der Waals surface area contributed by atoms with E-state index < -0.39 is 36.0 Å². The van der Waals surface area contributed by atoms with Crippen LogP contribution in [0.2, 0.25) is 0 Å². The van der Waals surface area contributed by atoms with Crippen LogP contribution in [0.3, 0.4) is 0 Å². The molecule has 2 atom stereocenters. The number of aliphatic imine (C=N–C) groups is 1. The number of ketones is 1. The maximum absolute atomic E-state index is 13.6. The molecule has 0 aromatic carbocycles. The number of aliphatic hydroxyl groups excluding tert-OH is 1. The van der Waals surface area contributed by atoms with Gasteiger partial charge in [-0.25, -0.2) is 9.97 Å². The lowest BCUT2D eigenvalue weighted by atomic mass is 9.74. The van der Waals surface area contributed by atoms with Crippen LogP contribution in [0, 0.1) is 11.8 Å². The van der Waals surface area contributed by atoms with Crippen molar-refractivity contribution in [1.29, 1.82) is 0 Å². The summed E-state index contributed by atoms with van der Waals surface area (Å²) in [6, 6.07) is 0. The molecule has 1 N–H and O–H groups in total. The molecule has 0 bridgehead atoms. The van der Waals surface area contributed by atoms with Gasteiger partial charge in [-0.2, -0.15) is 26.3 Å². The number of anilines is 1. The summed E-state index contributed by atoms with van der Waals surface area (Å²) >= 11 is 0. The molecule has 1 aromatic rings. The first-order valence-electron chi connectivity index (χ1n) is 9.65. The van der Waals surface area contributed by atoms with Crippen LogP contribution in [0.25, 0.3) is 0 Å². The highest BCUT2D eigenvalue weighted by Gasteiger charge is 2.54. The van der Waals surface area contributed by atoms with Gasteiger partial charge in [0.15, 0.2) is 5.78 Å². The minimum atomic E-state index is -4.78. The lowest BCUT2D eigenvalue weighted by Gasteiger charge is -2.36. The first kappa shape index (κ1) is 21.7. The van der Waals surface area contributed by atoms with Crippen LogP contribution in [0.15, 0.2) is 28.5 Å². The molecule has 1 aliphatic carbocycles. The van der Waals surface area contributed by atoms with E-state index in [1.165, 1.54) is 0 Å². The third-order valence-corrected chi connectivity index (χ3v) is 5.93. The first-order chi connectivity index (χ1) is 14.5. The maximum atomic E-state index is 13.6. The molecule has 168 valence electrons. The van der Waals surface area contributed by atoms with Crippen LogP contribution in [-0.2, 0) is 11.0 Å². The molecule has 1 aromatic heterocycles. The molecule has 4 rings (SSSR count). The van der Waals surface area contributed by atoms with Crippen molar-refractivity contribution in [2.75, 3.05) is 24.5 Å². The molecule has 1 fully saturated rings. The van der Waals surface area contributed by atoms with Gasteiger partial charge < -0.3 is 10.0 Å². The summed E-state index contributed by atoms with van der Waals surface area (Å²) in [6.07, 6.45) is -8.79. The minimum Gasteiger partial charge on any atom is -0.384 e. The molecule has 0 unspecified atom stereocenters. The number of carbonyl (C=O) groups is 1. The SMILES string of the molecule is O=C1CC2=C(C(C3CCN(c4cnc(C(F)(F)F)nc4)CC3)=NC2)[C@@H](C(F)(F)F)[C@H]1O. The van der Waals surface area contributed by atoms with Gasteiger partial charge in [0.2, 0.25) is 5.82 Å². The molecule has 3 heterocycles. The molecule has 0 amide bonds. The quantitative estimate of drug-likeness (QED) is 0.704. The first-order valence-corrected chi connectivity index (χ1v) is 9.65. The number of carbonyl (C=O) groups excluding carboxylic acids is 1.